The van der Waals surface area contributed by atoms with Crippen LogP contribution in [0, 0.1) is 0 Å². The van der Waals surface area contributed by atoms with Gasteiger partial charge in [-0.15, -0.1) is 0 Å². The molecule has 32 heavy (non-hydrogen) atoms. The van der Waals surface area contributed by atoms with Crippen molar-refractivity contribution in [1.29, 1.82) is 0 Å². The van der Waals surface area contributed by atoms with Gasteiger partial charge in [-0.1, -0.05) is 11.6 Å². The summed E-state index contributed by atoms with van der Waals surface area (Å²) in [6.45, 7) is 0. The van der Waals surface area contributed by atoms with Crippen molar-refractivity contribution in [2.75, 3.05) is 0 Å². The number of rotatable bonds is 4. The van der Waals surface area contributed by atoms with Gasteiger partial charge in [0.2, 0.25) is 0 Å². The first-order valence-electron chi connectivity index (χ1n) is 8.35. The number of carbonyl (C=O) groups is 1. The van der Waals surface area contributed by atoms with Crippen molar-refractivity contribution in [3.8, 4) is 5.82 Å². The molecule has 14 heteroatoms. The molecule has 0 saturated heterocycles. The first-order valence-corrected chi connectivity index (χ1v) is 10.2. The van der Waals surface area contributed by atoms with Crippen molar-refractivity contribution in [2.24, 2.45) is 0 Å². The van der Waals surface area contributed by atoms with E-state index in [4.69, 9.17) is 11.6 Å². The number of nitrogens with one attached hydrogen (secondary N) is 1. The number of hydrogen-bond donors (Lipinski definition) is 1. The number of halogens is 7. The fourth-order valence-electron chi connectivity index (χ4n) is 2.57. The molecule has 0 bridgehead atoms. The summed E-state index contributed by atoms with van der Waals surface area (Å²) in [7, 11) is -4.57. The minimum absolute atomic E-state index is 0.276. The molecule has 170 valence electrons. The predicted octanol–water partition coefficient (Wildman–Crippen LogP) is 4.68. The SMILES string of the molecule is O=C(NS(=O)(=O)c1ccc(C(F)(F)F)cc1)c1cccn1-c1ncc(C(F)(F)F)cc1Cl. The molecule has 0 radical (unpaired) electrons. The highest BCUT2D eigenvalue weighted by Gasteiger charge is 2.33. The van der Waals surface area contributed by atoms with Crippen LogP contribution in [0.1, 0.15) is 21.6 Å². The van der Waals surface area contributed by atoms with Crippen molar-refractivity contribution in [3.63, 3.8) is 0 Å². The smallest absolute Gasteiger partial charge is 0.295 e. The monoisotopic (exact) mass is 497 g/mol. The summed E-state index contributed by atoms with van der Waals surface area (Å²) < 4.78 is 104. The number of hydrogen-bond acceptors (Lipinski definition) is 4. The van der Waals surface area contributed by atoms with E-state index in [9.17, 15) is 39.6 Å². The van der Waals surface area contributed by atoms with Crippen molar-refractivity contribution < 1.29 is 39.6 Å². The van der Waals surface area contributed by atoms with Crippen LogP contribution in [0.3, 0.4) is 0 Å². The molecule has 3 aromatic rings. The molecule has 2 heterocycles. The number of sulfonamides is 1. The Kier molecular flexibility index (Phi) is 6.00. The van der Waals surface area contributed by atoms with Crippen LogP contribution in [-0.2, 0) is 22.4 Å². The van der Waals surface area contributed by atoms with E-state index in [-0.39, 0.29) is 11.5 Å². The van der Waals surface area contributed by atoms with Gasteiger partial charge in [0.15, 0.2) is 5.82 Å². The van der Waals surface area contributed by atoms with Crippen molar-refractivity contribution >= 4 is 27.5 Å². The molecule has 0 aliphatic carbocycles. The van der Waals surface area contributed by atoms with Crippen LogP contribution >= 0.6 is 11.6 Å². The number of amides is 1. The molecule has 0 atom stereocenters. The predicted molar refractivity (Wildman–Crippen MR) is 99.7 cm³/mol. The highest BCUT2D eigenvalue weighted by atomic mass is 35.5. The van der Waals surface area contributed by atoms with E-state index in [0.29, 0.717) is 36.5 Å². The Balaban J connectivity index is 1.89. The summed E-state index contributed by atoms with van der Waals surface area (Å²) in [5.74, 6) is -1.49. The van der Waals surface area contributed by atoms with E-state index >= 15 is 0 Å². The third-order valence-electron chi connectivity index (χ3n) is 4.08. The molecule has 0 saturated carbocycles. The fraction of sp³-hybridized carbons (Fsp3) is 0.111. The summed E-state index contributed by atoms with van der Waals surface area (Å²) in [6, 6.07) is 5.44. The highest BCUT2D eigenvalue weighted by molar-refractivity contribution is 7.90. The summed E-state index contributed by atoms with van der Waals surface area (Å²) in [6.07, 6.45) is -7.69. The molecule has 1 amide bonds. The van der Waals surface area contributed by atoms with Crippen molar-refractivity contribution in [1.82, 2.24) is 14.3 Å². The number of alkyl halides is 6. The standard InChI is InChI=1S/C18H10ClF6N3O3S/c19-13-8-11(18(23,24)25)9-26-15(13)28-7-1-2-14(28)16(29)27-32(30,31)12-5-3-10(4-6-12)17(20,21)22/h1-9H,(H,27,29). The second kappa shape index (κ2) is 8.13. The summed E-state index contributed by atoms with van der Waals surface area (Å²) in [5, 5.41) is -0.462. The van der Waals surface area contributed by atoms with E-state index in [1.807, 2.05) is 0 Å². The molecule has 3 rings (SSSR count). The Hall–Kier alpha value is -3.06. The molecule has 0 aliphatic heterocycles. The third kappa shape index (κ3) is 4.88. The van der Waals surface area contributed by atoms with Crippen LogP contribution in [0.15, 0.2) is 59.8 Å². The molecule has 0 fully saturated rings. The van der Waals surface area contributed by atoms with Gasteiger partial charge >= 0.3 is 12.4 Å². The second-order valence-corrected chi connectivity index (χ2v) is 8.34. The summed E-state index contributed by atoms with van der Waals surface area (Å²) in [4.78, 5) is 15.5. The van der Waals surface area contributed by atoms with Crippen LogP contribution < -0.4 is 4.72 Å². The second-order valence-electron chi connectivity index (χ2n) is 6.25. The van der Waals surface area contributed by atoms with Crippen LogP contribution in [0.25, 0.3) is 5.82 Å². The lowest BCUT2D eigenvalue weighted by Gasteiger charge is -2.13. The van der Waals surface area contributed by atoms with Crippen LogP contribution in [0.2, 0.25) is 5.02 Å². The van der Waals surface area contributed by atoms with E-state index in [1.54, 1.807) is 4.72 Å². The van der Waals surface area contributed by atoms with Crippen molar-refractivity contribution in [2.45, 2.75) is 17.2 Å². The van der Waals surface area contributed by atoms with Gasteiger partial charge in [0, 0.05) is 12.4 Å². The van der Waals surface area contributed by atoms with Gasteiger partial charge in [-0.25, -0.2) is 18.1 Å². The molecule has 1 N–H and O–H groups in total. The first-order chi connectivity index (χ1) is 14.7. The maximum atomic E-state index is 12.8. The van der Waals surface area contributed by atoms with Gasteiger partial charge in [0.25, 0.3) is 15.9 Å². The zero-order valence-corrected chi connectivity index (χ0v) is 16.9. The van der Waals surface area contributed by atoms with Gasteiger partial charge in [0.1, 0.15) is 5.69 Å². The number of carbonyl (C=O) groups excluding carboxylic acids is 1. The van der Waals surface area contributed by atoms with E-state index in [1.165, 1.54) is 12.3 Å². The van der Waals surface area contributed by atoms with E-state index in [2.05, 4.69) is 4.98 Å². The third-order valence-corrected chi connectivity index (χ3v) is 5.70. The minimum atomic E-state index is -4.71. The lowest BCUT2D eigenvalue weighted by molar-refractivity contribution is -0.138. The van der Waals surface area contributed by atoms with Gasteiger partial charge in [-0.3, -0.25) is 9.36 Å². The Morgan fingerprint density at radius 2 is 1.56 bits per heavy atom. The Labute approximate surface area is 181 Å². The fourth-order valence-corrected chi connectivity index (χ4v) is 3.79. The summed E-state index contributed by atoms with van der Waals surface area (Å²) >= 11 is 5.86. The van der Waals surface area contributed by atoms with Gasteiger partial charge in [-0.05, 0) is 42.5 Å². The van der Waals surface area contributed by atoms with E-state index < -0.39 is 49.3 Å². The van der Waals surface area contributed by atoms with Gasteiger partial charge in [-0.2, -0.15) is 26.3 Å². The molecular formula is C18H10ClF6N3O3S. The number of pyridine rings is 1. The molecule has 0 aliphatic rings. The average Bonchev–Trinajstić information content (AvgIpc) is 3.16. The molecule has 1 aromatic carbocycles. The van der Waals surface area contributed by atoms with E-state index in [0.717, 1.165) is 10.6 Å². The van der Waals surface area contributed by atoms with Crippen LogP contribution in [0.4, 0.5) is 26.3 Å². The van der Waals surface area contributed by atoms with Crippen LogP contribution in [-0.4, -0.2) is 23.9 Å². The van der Waals surface area contributed by atoms with Crippen molar-refractivity contribution in [3.05, 3.63) is 76.7 Å². The average molecular weight is 498 g/mol. The number of aromatic nitrogens is 2. The molecule has 0 spiro atoms. The Bertz CT molecular complexity index is 1270. The normalized spacial score (nSPS) is 12.6. The zero-order valence-electron chi connectivity index (χ0n) is 15.4. The van der Waals surface area contributed by atoms with Gasteiger partial charge in [0.05, 0.1) is 21.0 Å². The molecule has 0 unspecified atom stereocenters. The Morgan fingerprint density at radius 1 is 0.969 bits per heavy atom. The zero-order chi connectivity index (χ0) is 23.9. The number of benzene rings is 1. The minimum Gasteiger partial charge on any atom is -0.295 e. The maximum absolute atomic E-state index is 12.8. The molecular weight excluding hydrogens is 488 g/mol. The summed E-state index contributed by atoms with van der Waals surface area (Å²) in [5.41, 5.74) is -2.57. The first kappa shape index (κ1) is 23.6. The van der Waals surface area contributed by atoms with Gasteiger partial charge < -0.3 is 0 Å². The lowest BCUT2D eigenvalue weighted by atomic mass is 10.2. The number of nitrogens with zero attached hydrogens (tertiary/aromatic N) is 2. The Morgan fingerprint density at radius 3 is 2.09 bits per heavy atom. The quantitative estimate of drug-likeness (QED) is 0.531. The highest BCUT2D eigenvalue weighted by Crippen LogP contribution is 2.32. The maximum Gasteiger partial charge on any atom is 0.417 e. The topological polar surface area (TPSA) is 81.1 Å². The largest absolute Gasteiger partial charge is 0.417 e. The molecule has 2 aromatic heterocycles. The van der Waals surface area contributed by atoms with Crippen LogP contribution in [0.5, 0.6) is 0 Å². The lowest BCUT2D eigenvalue weighted by Crippen LogP contribution is -2.32. The molecule has 6 nitrogen and oxygen atoms in total.